The van der Waals surface area contributed by atoms with E-state index in [0.717, 1.165) is 65.9 Å². The van der Waals surface area contributed by atoms with E-state index in [4.69, 9.17) is 32.9 Å². The number of carbonyl (C=O) groups is 1. The Morgan fingerprint density at radius 3 is 2.26 bits per heavy atom. The summed E-state index contributed by atoms with van der Waals surface area (Å²) in [5, 5.41) is 12.0. The highest BCUT2D eigenvalue weighted by Crippen LogP contribution is 2.42. The molecule has 0 unspecified atom stereocenters. The number of carbonyl (C=O) groups excluding carboxylic acids is 1. The van der Waals surface area contributed by atoms with Crippen LogP contribution in [0.2, 0.25) is 10.0 Å². The third-order valence-corrected chi connectivity index (χ3v) is 10.3. The maximum Gasteiger partial charge on any atom is 0.350 e. The van der Waals surface area contributed by atoms with Crippen LogP contribution in [0.25, 0.3) is 39.2 Å². The summed E-state index contributed by atoms with van der Waals surface area (Å²) in [5.74, 6) is 1.77. The van der Waals surface area contributed by atoms with Gasteiger partial charge in [0.15, 0.2) is 5.65 Å². The molecule has 2 N–H and O–H groups in total. The van der Waals surface area contributed by atoms with Crippen LogP contribution in [0, 0.1) is 11.8 Å². The molecule has 0 spiro atoms. The first-order chi connectivity index (χ1) is 25.5. The first kappa shape index (κ1) is 38.5. The molecule has 0 bridgehead atoms. The predicted octanol–water partition coefficient (Wildman–Crippen LogP) is 7.58. The Morgan fingerprint density at radius 2 is 1.60 bits per heavy atom. The molecule has 1 amide bonds. The highest BCUT2D eigenvalue weighted by molar-refractivity contribution is 6.39. The highest BCUT2D eigenvalue weighted by Gasteiger charge is 2.21. The largest absolute Gasteiger partial charge is 0.481 e. The summed E-state index contributed by atoms with van der Waals surface area (Å²) < 4.78 is 8.82. The first-order valence-corrected chi connectivity index (χ1v) is 19.2. The molecule has 0 saturated carbocycles. The second-order valence-corrected chi connectivity index (χ2v) is 15.4. The molecule has 6 rings (SSSR count). The van der Waals surface area contributed by atoms with Crippen LogP contribution in [0.4, 0.5) is 0 Å². The Balaban J connectivity index is 1.21. The molecule has 1 fully saturated rings. The Hall–Kier alpha value is -4.22. The van der Waals surface area contributed by atoms with Crippen molar-refractivity contribution in [3.05, 3.63) is 93.0 Å². The molecule has 280 valence electrons. The fraction of sp³-hybridized carbons (Fsp3) is 0.415. The predicted molar refractivity (Wildman–Crippen MR) is 214 cm³/mol. The second-order valence-electron chi connectivity index (χ2n) is 14.7. The SMILES string of the molecule is COc1nc(-c2cccc(-c3cccc(-c4ccc5nn(CCCN(CC(C)C)CC(C)C)c(=O)n5c4)c3Cl)c2Cl)ccc1CNC[C@@H]1CCC(=O)N1. The molecule has 10 nitrogen and oxygen atoms in total. The molecule has 0 aliphatic carbocycles. The van der Waals surface area contributed by atoms with Crippen LogP contribution < -0.4 is 21.1 Å². The van der Waals surface area contributed by atoms with E-state index in [0.29, 0.717) is 65.2 Å². The molecule has 53 heavy (non-hydrogen) atoms. The number of hydrogen-bond acceptors (Lipinski definition) is 7. The zero-order chi connectivity index (χ0) is 37.6. The van der Waals surface area contributed by atoms with E-state index in [-0.39, 0.29) is 17.6 Å². The van der Waals surface area contributed by atoms with E-state index >= 15 is 0 Å². The molecular formula is C41H49Cl2N7O3. The Bertz CT molecular complexity index is 2120. The lowest BCUT2D eigenvalue weighted by Gasteiger charge is -2.25. The molecule has 0 radical (unpaired) electrons. The number of nitrogens with zero attached hydrogens (tertiary/aromatic N) is 5. The lowest BCUT2D eigenvalue weighted by atomic mass is 9.97. The van der Waals surface area contributed by atoms with Crippen LogP contribution >= 0.6 is 23.2 Å². The van der Waals surface area contributed by atoms with Gasteiger partial charge in [-0.15, -0.1) is 5.10 Å². The minimum atomic E-state index is -0.170. The number of methoxy groups -OCH3 is 1. The van der Waals surface area contributed by atoms with Gasteiger partial charge in [0, 0.05) is 84.8 Å². The van der Waals surface area contributed by atoms with E-state index in [2.05, 4.69) is 48.3 Å². The first-order valence-electron chi connectivity index (χ1n) is 18.5. The van der Waals surface area contributed by atoms with E-state index in [1.54, 1.807) is 16.2 Å². The number of ether oxygens (including phenoxy) is 1. The molecule has 1 saturated heterocycles. The molecular weight excluding hydrogens is 709 g/mol. The van der Waals surface area contributed by atoms with Gasteiger partial charge in [-0.2, -0.15) is 0 Å². The van der Waals surface area contributed by atoms with Gasteiger partial charge in [-0.25, -0.2) is 18.9 Å². The average Bonchev–Trinajstić information content (AvgIpc) is 3.69. The van der Waals surface area contributed by atoms with Crippen molar-refractivity contribution >= 4 is 34.8 Å². The third-order valence-electron chi connectivity index (χ3n) is 9.47. The summed E-state index contributed by atoms with van der Waals surface area (Å²) in [6.07, 6.45) is 4.06. The number of aromatic nitrogens is 4. The summed E-state index contributed by atoms with van der Waals surface area (Å²) in [5.41, 5.74) is 5.83. The molecule has 2 aromatic carbocycles. The summed E-state index contributed by atoms with van der Waals surface area (Å²) in [6, 6.07) is 19.5. The number of nitrogens with one attached hydrogen (secondary N) is 2. The topological polar surface area (TPSA) is 106 Å². The van der Waals surface area contributed by atoms with Crippen LogP contribution in [0.5, 0.6) is 5.88 Å². The maximum atomic E-state index is 13.5. The van der Waals surface area contributed by atoms with Crippen molar-refractivity contribution in [3.8, 4) is 39.4 Å². The number of benzene rings is 2. The zero-order valence-electron chi connectivity index (χ0n) is 31.2. The number of halogens is 2. The fourth-order valence-corrected chi connectivity index (χ4v) is 7.76. The normalized spacial score (nSPS) is 14.6. The Labute approximate surface area is 321 Å². The van der Waals surface area contributed by atoms with Crippen LogP contribution in [0.1, 0.15) is 52.5 Å². The molecule has 1 aliphatic rings. The third kappa shape index (κ3) is 9.12. The van der Waals surface area contributed by atoms with Gasteiger partial charge < -0.3 is 20.3 Å². The average molecular weight is 759 g/mol. The summed E-state index contributed by atoms with van der Waals surface area (Å²) >= 11 is 14.3. The quantitative estimate of drug-likeness (QED) is 0.107. The van der Waals surface area contributed by atoms with E-state index in [1.807, 2.05) is 66.9 Å². The standard InChI is InChI=1S/C41H49Cl2N7O3/c1-26(2)23-48(24-27(3)4)19-8-20-50-41(52)49-25-29(14-17-36(49)47-50)31-9-6-10-32(38(31)42)33-11-7-12-34(39(33)43)35-16-13-28(40(46-35)53-5)21-44-22-30-15-18-37(51)45-30/h6-7,9-14,16-17,25-27,30,44H,8,15,18-24H2,1-5H3,(H,45,51)/t30-/m0/s1. The smallest absolute Gasteiger partial charge is 0.350 e. The summed E-state index contributed by atoms with van der Waals surface area (Å²) in [4.78, 5) is 32.3. The van der Waals surface area contributed by atoms with Crippen LogP contribution in [0.3, 0.4) is 0 Å². The van der Waals surface area contributed by atoms with E-state index < -0.39 is 0 Å². The van der Waals surface area contributed by atoms with E-state index in [9.17, 15) is 9.59 Å². The fourth-order valence-electron chi connectivity index (χ4n) is 7.10. The lowest BCUT2D eigenvalue weighted by molar-refractivity contribution is -0.119. The number of rotatable bonds is 16. The highest BCUT2D eigenvalue weighted by atomic mass is 35.5. The lowest BCUT2D eigenvalue weighted by Crippen LogP contribution is -2.35. The Kier molecular flexibility index (Phi) is 12.6. The van der Waals surface area contributed by atoms with Gasteiger partial charge in [-0.05, 0) is 49.4 Å². The number of aryl methyl sites for hydroxylation is 1. The number of fused-ring (bicyclic) bond motifs is 1. The van der Waals surface area contributed by atoms with Crippen molar-refractivity contribution in [2.75, 3.05) is 33.3 Å². The zero-order valence-corrected chi connectivity index (χ0v) is 32.7. The van der Waals surface area contributed by atoms with Crippen LogP contribution in [0.15, 0.2) is 71.7 Å². The van der Waals surface area contributed by atoms with Gasteiger partial charge in [0.2, 0.25) is 11.8 Å². The molecule has 1 aliphatic heterocycles. The van der Waals surface area contributed by atoms with Crippen molar-refractivity contribution in [1.82, 2.24) is 34.7 Å². The summed E-state index contributed by atoms with van der Waals surface area (Å²) in [7, 11) is 1.60. The number of amides is 1. The van der Waals surface area contributed by atoms with Crippen molar-refractivity contribution in [1.29, 1.82) is 0 Å². The van der Waals surface area contributed by atoms with E-state index in [1.165, 1.54) is 0 Å². The summed E-state index contributed by atoms with van der Waals surface area (Å²) in [6.45, 7) is 13.7. The van der Waals surface area contributed by atoms with Crippen molar-refractivity contribution in [2.24, 2.45) is 11.8 Å². The number of pyridine rings is 2. The van der Waals surface area contributed by atoms with Gasteiger partial charge in [-0.1, -0.05) is 93.4 Å². The molecule has 5 aromatic rings. The minimum Gasteiger partial charge on any atom is -0.481 e. The maximum absolute atomic E-state index is 13.5. The second kappa shape index (κ2) is 17.3. The molecule has 12 heteroatoms. The monoisotopic (exact) mass is 757 g/mol. The van der Waals surface area contributed by atoms with Gasteiger partial charge in [-0.3, -0.25) is 4.79 Å². The van der Waals surface area contributed by atoms with Gasteiger partial charge in [0.1, 0.15) is 0 Å². The Morgan fingerprint density at radius 1 is 0.925 bits per heavy atom. The van der Waals surface area contributed by atoms with Crippen molar-refractivity contribution < 1.29 is 9.53 Å². The van der Waals surface area contributed by atoms with Crippen molar-refractivity contribution in [2.45, 2.75) is 66.1 Å². The van der Waals surface area contributed by atoms with Gasteiger partial charge in [0.25, 0.3) is 0 Å². The minimum absolute atomic E-state index is 0.0986. The van der Waals surface area contributed by atoms with Crippen LogP contribution in [-0.4, -0.2) is 69.3 Å². The molecule has 3 aromatic heterocycles. The van der Waals surface area contributed by atoms with Crippen LogP contribution in [-0.2, 0) is 17.9 Å². The van der Waals surface area contributed by atoms with Crippen molar-refractivity contribution in [3.63, 3.8) is 0 Å². The van der Waals surface area contributed by atoms with Gasteiger partial charge >= 0.3 is 5.69 Å². The molecule has 1 atom stereocenters. The number of hydrogen-bond donors (Lipinski definition) is 2. The van der Waals surface area contributed by atoms with Gasteiger partial charge in [0.05, 0.1) is 22.8 Å². The molecule has 4 heterocycles.